The number of pyridine rings is 1. The van der Waals surface area contributed by atoms with Crippen molar-refractivity contribution in [2.75, 3.05) is 18.9 Å². The third-order valence-corrected chi connectivity index (χ3v) is 4.16. The highest BCUT2D eigenvalue weighted by Crippen LogP contribution is 2.29. The predicted octanol–water partition coefficient (Wildman–Crippen LogP) is 0.957. The van der Waals surface area contributed by atoms with E-state index >= 15 is 0 Å². The molecule has 1 aromatic rings. The van der Waals surface area contributed by atoms with Crippen LogP contribution in [-0.2, 0) is 10.0 Å². The van der Waals surface area contributed by atoms with Crippen LogP contribution in [0.3, 0.4) is 0 Å². The zero-order valence-corrected chi connectivity index (χ0v) is 12.1. The lowest BCUT2D eigenvalue weighted by molar-refractivity contribution is -0.0327. The third-order valence-electron chi connectivity index (χ3n) is 2.00. The summed E-state index contributed by atoms with van der Waals surface area (Å²) in [6.45, 7) is -0.747. The van der Waals surface area contributed by atoms with Crippen LogP contribution >= 0.6 is 11.8 Å². The fraction of sp³-hybridized carbons (Fsp3) is 0.364. The lowest BCUT2D eigenvalue weighted by Gasteiger charge is -2.08. The van der Waals surface area contributed by atoms with E-state index in [2.05, 4.69) is 16.8 Å². The number of hydrogen-bond donors (Lipinski definition) is 2. The minimum absolute atomic E-state index is 0.204. The Morgan fingerprint density at radius 3 is 2.71 bits per heavy atom. The molecule has 1 aromatic heterocycles. The number of halogens is 3. The Balaban J connectivity index is 2.70. The molecule has 0 unspecified atom stereocenters. The van der Waals surface area contributed by atoms with Gasteiger partial charge in [0.05, 0.1) is 0 Å². The Morgan fingerprint density at radius 2 is 2.10 bits per heavy atom. The molecule has 0 amide bonds. The number of hydrogen-bond acceptors (Lipinski definition) is 5. The van der Waals surface area contributed by atoms with Crippen molar-refractivity contribution >= 4 is 21.8 Å². The summed E-state index contributed by atoms with van der Waals surface area (Å²) in [4.78, 5) is 3.48. The first kappa shape index (κ1) is 17.8. The molecule has 0 atom stereocenters. The van der Waals surface area contributed by atoms with Crippen LogP contribution in [0.2, 0.25) is 0 Å². The first-order valence-electron chi connectivity index (χ1n) is 5.50. The average Bonchev–Trinajstić information content (AvgIpc) is 2.41. The van der Waals surface area contributed by atoms with Crippen LogP contribution in [0.1, 0.15) is 5.56 Å². The van der Waals surface area contributed by atoms with Gasteiger partial charge in [0.25, 0.3) is 0 Å². The summed E-state index contributed by atoms with van der Waals surface area (Å²) in [7, 11) is -3.95. The van der Waals surface area contributed by atoms with E-state index in [1.54, 1.807) is 0 Å². The highest BCUT2D eigenvalue weighted by molar-refractivity contribution is 8.00. The average molecular weight is 340 g/mol. The van der Waals surface area contributed by atoms with Crippen LogP contribution in [0, 0.1) is 11.8 Å². The molecule has 2 N–H and O–H groups in total. The topological polar surface area (TPSA) is 79.3 Å². The van der Waals surface area contributed by atoms with Crippen LogP contribution in [0.4, 0.5) is 13.2 Å². The number of aliphatic hydroxyl groups is 1. The van der Waals surface area contributed by atoms with E-state index in [9.17, 15) is 21.6 Å². The lowest BCUT2D eigenvalue weighted by Crippen LogP contribution is -2.27. The summed E-state index contributed by atoms with van der Waals surface area (Å²) in [6.07, 6.45) is 2.37. The van der Waals surface area contributed by atoms with Gasteiger partial charge in [-0.05, 0) is 17.8 Å². The fourth-order valence-corrected chi connectivity index (χ4v) is 2.79. The van der Waals surface area contributed by atoms with Gasteiger partial charge in [0.2, 0.25) is 10.0 Å². The van der Waals surface area contributed by atoms with Crippen LogP contribution < -0.4 is 4.72 Å². The van der Waals surface area contributed by atoms with Crippen LogP contribution in [-0.4, -0.2) is 42.9 Å². The minimum Gasteiger partial charge on any atom is -0.384 e. The Morgan fingerprint density at radius 1 is 1.38 bits per heavy atom. The van der Waals surface area contributed by atoms with E-state index in [0.29, 0.717) is 0 Å². The standard InChI is InChI=1S/C11H11F3N2O3S2/c12-11(13,14)20-5-3-16-21(18,19)10-6-9(2-1-4-17)7-15-8-10/h6-8,16-17H,3-5H2. The molecule has 0 spiro atoms. The Labute approximate surface area is 124 Å². The Bertz CT molecular complexity index is 636. The number of nitrogens with zero attached hydrogens (tertiary/aromatic N) is 1. The zero-order valence-electron chi connectivity index (χ0n) is 10.5. The van der Waals surface area contributed by atoms with Gasteiger partial charge < -0.3 is 5.11 Å². The number of alkyl halides is 3. The molecule has 10 heteroatoms. The summed E-state index contributed by atoms with van der Waals surface area (Å²) in [6, 6.07) is 1.22. The molecular formula is C11H11F3N2O3S2. The highest BCUT2D eigenvalue weighted by Gasteiger charge is 2.27. The first-order valence-corrected chi connectivity index (χ1v) is 7.96. The van der Waals surface area contributed by atoms with Gasteiger partial charge in [-0.3, -0.25) is 4.98 Å². The minimum atomic E-state index is -4.40. The maximum atomic E-state index is 11.9. The van der Waals surface area contributed by atoms with Crippen molar-refractivity contribution in [2.45, 2.75) is 10.4 Å². The van der Waals surface area contributed by atoms with Crippen molar-refractivity contribution in [3.8, 4) is 11.8 Å². The van der Waals surface area contributed by atoms with Crippen molar-refractivity contribution in [3.05, 3.63) is 24.0 Å². The van der Waals surface area contributed by atoms with E-state index < -0.39 is 21.3 Å². The van der Waals surface area contributed by atoms with Gasteiger partial charge in [-0.1, -0.05) is 11.8 Å². The fourth-order valence-electron chi connectivity index (χ4n) is 1.20. The van der Waals surface area contributed by atoms with Crippen molar-refractivity contribution in [2.24, 2.45) is 0 Å². The van der Waals surface area contributed by atoms with Gasteiger partial charge in [-0.15, -0.1) is 0 Å². The smallest absolute Gasteiger partial charge is 0.384 e. The second-order valence-corrected chi connectivity index (χ2v) is 6.49. The molecule has 0 saturated carbocycles. The van der Waals surface area contributed by atoms with E-state index in [0.717, 1.165) is 6.20 Å². The molecule has 1 heterocycles. The van der Waals surface area contributed by atoms with Gasteiger partial charge in [0, 0.05) is 30.3 Å². The van der Waals surface area contributed by atoms with Crippen LogP contribution in [0.15, 0.2) is 23.4 Å². The van der Waals surface area contributed by atoms with Crippen LogP contribution in [0.25, 0.3) is 0 Å². The second kappa shape index (κ2) is 7.65. The van der Waals surface area contributed by atoms with E-state index in [1.165, 1.54) is 12.3 Å². The quantitative estimate of drug-likeness (QED) is 0.616. The number of sulfonamides is 1. The summed E-state index contributed by atoms with van der Waals surface area (Å²) in [5, 5.41) is 8.55. The molecule has 0 fully saturated rings. The lowest BCUT2D eigenvalue weighted by atomic mass is 10.3. The van der Waals surface area contributed by atoms with Gasteiger partial charge in [-0.2, -0.15) is 13.2 Å². The largest absolute Gasteiger partial charge is 0.441 e. The van der Waals surface area contributed by atoms with Crippen molar-refractivity contribution < 1.29 is 26.7 Å². The van der Waals surface area contributed by atoms with Gasteiger partial charge >= 0.3 is 5.51 Å². The maximum Gasteiger partial charge on any atom is 0.441 e. The zero-order chi connectivity index (χ0) is 15.9. The second-order valence-electron chi connectivity index (χ2n) is 3.56. The van der Waals surface area contributed by atoms with Crippen molar-refractivity contribution in [1.29, 1.82) is 0 Å². The molecule has 0 aliphatic heterocycles. The van der Waals surface area contributed by atoms with Gasteiger partial charge in [0.1, 0.15) is 11.5 Å². The van der Waals surface area contributed by atoms with E-state index in [1.807, 2.05) is 4.72 Å². The molecule has 0 aliphatic rings. The van der Waals surface area contributed by atoms with Crippen molar-refractivity contribution in [3.63, 3.8) is 0 Å². The third kappa shape index (κ3) is 6.81. The molecule has 116 valence electrons. The molecule has 0 aliphatic carbocycles. The van der Waals surface area contributed by atoms with Gasteiger partial charge in [0.15, 0.2) is 0 Å². The predicted molar refractivity (Wildman–Crippen MR) is 71.9 cm³/mol. The summed E-state index contributed by atoms with van der Waals surface area (Å²) >= 11 is -0.309. The molecule has 0 aromatic carbocycles. The Kier molecular flexibility index (Phi) is 6.47. The molecular weight excluding hydrogens is 329 g/mol. The highest BCUT2D eigenvalue weighted by atomic mass is 32.2. The number of aromatic nitrogens is 1. The molecule has 1 rings (SSSR count). The number of nitrogens with one attached hydrogen (secondary N) is 1. The Hall–Kier alpha value is -1.28. The van der Waals surface area contributed by atoms with Crippen molar-refractivity contribution in [1.82, 2.24) is 9.71 Å². The SMILES string of the molecule is O=S(=O)(NCCSC(F)(F)F)c1cncc(C#CCO)c1. The molecule has 0 bridgehead atoms. The molecule has 0 saturated heterocycles. The summed E-state index contributed by atoms with van der Waals surface area (Å²) < 4.78 is 61.5. The van der Waals surface area contributed by atoms with E-state index in [-0.39, 0.29) is 35.4 Å². The maximum absolute atomic E-state index is 11.9. The van der Waals surface area contributed by atoms with Crippen LogP contribution in [0.5, 0.6) is 0 Å². The molecule has 21 heavy (non-hydrogen) atoms. The van der Waals surface area contributed by atoms with E-state index in [4.69, 9.17) is 5.11 Å². The monoisotopic (exact) mass is 340 g/mol. The van der Waals surface area contributed by atoms with Gasteiger partial charge in [-0.25, -0.2) is 13.1 Å². The number of rotatable bonds is 5. The number of thioether (sulfide) groups is 1. The molecule has 0 radical (unpaired) electrons. The summed E-state index contributed by atoms with van der Waals surface area (Å²) in [5.74, 6) is 4.39. The normalized spacial score (nSPS) is 11.8. The summed E-state index contributed by atoms with van der Waals surface area (Å²) in [5.41, 5.74) is -4.12. The first-order chi connectivity index (χ1) is 9.74. The molecule has 5 nitrogen and oxygen atoms in total. The number of aliphatic hydroxyl groups excluding tert-OH is 1.